The normalized spacial score (nSPS) is 15.3. The number of carbonyl (C=O) groups excluding carboxylic acids is 1. The van der Waals surface area contributed by atoms with E-state index in [1.54, 1.807) is 18.9 Å². The zero-order valence-corrected chi connectivity index (χ0v) is 18.1. The number of amides is 1. The fourth-order valence-electron chi connectivity index (χ4n) is 3.51. The molecule has 0 saturated heterocycles. The van der Waals surface area contributed by atoms with Crippen LogP contribution in [-0.4, -0.2) is 41.7 Å². The summed E-state index contributed by atoms with van der Waals surface area (Å²) in [6.45, 7) is 1.20. The molecular weight excluding hydrogens is 420 g/mol. The lowest BCUT2D eigenvalue weighted by Gasteiger charge is -2.24. The lowest BCUT2D eigenvalue weighted by molar-refractivity contribution is -0.00176. The van der Waals surface area contributed by atoms with Crippen LogP contribution < -0.4 is 14.8 Å². The van der Waals surface area contributed by atoms with Gasteiger partial charge in [0.1, 0.15) is 6.10 Å². The second-order valence-electron chi connectivity index (χ2n) is 7.11. The lowest BCUT2D eigenvalue weighted by Crippen LogP contribution is -2.29. The van der Waals surface area contributed by atoms with E-state index in [9.17, 15) is 4.79 Å². The Morgan fingerprint density at radius 2 is 1.97 bits per heavy atom. The molecule has 2 aromatic carbocycles. The molecule has 2 heterocycles. The van der Waals surface area contributed by atoms with Gasteiger partial charge in [-0.25, -0.2) is 4.68 Å². The molecule has 0 radical (unpaired) electrons. The number of hydrogen-bond acceptors (Lipinski definition) is 6. The Balaban J connectivity index is 1.36. The number of hydrogen-bond donors (Lipinski definition) is 1. The first kappa shape index (κ1) is 21.1. The topological polar surface area (TPSA) is 87.5 Å². The first-order valence-electron chi connectivity index (χ1n) is 9.87. The molecule has 1 aromatic heterocycles. The third-order valence-electron chi connectivity index (χ3n) is 5.20. The van der Waals surface area contributed by atoms with Gasteiger partial charge in [-0.15, -0.1) is 5.10 Å². The number of fused-ring (bicyclic) bond motifs is 1. The molecular formula is C22H23ClN4O4. The molecule has 0 unspecified atom stereocenters. The van der Waals surface area contributed by atoms with Crippen molar-refractivity contribution < 1.29 is 19.0 Å². The number of carbonyl (C=O) groups is 1. The number of ether oxygens (including phenoxy) is 3. The molecule has 0 saturated carbocycles. The first-order chi connectivity index (χ1) is 15.1. The molecule has 1 aliphatic rings. The fourth-order valence-corrected chi connectivity index (χ4v) is 3.63. The van der Waals surface area contributed by atoms with E-state index < -0.39 is 0 Å². The zero-order valence-electron chi connectivity index (χ0n) is 17.3. The summed E-state index contributed by atoms with van der Waals surface area (Å²) in [5, 5.41) is 11.8. The molecule has 0 fully saturated rings. The van der Waals surface area contributed by atoms with Crippen LogP contribution in [0, 0.1) is 0 Å². The highest BCUT2D eigenvalue weighted by Crippen LogP contribution is 2.28. The van der Waals surface area contributed by atoms with Crippen LogP contribution in [0.1, 0.15) is 33.4 Å². The Hall–Kier alpha value is -3.10. The molecule has 1 aliphatic heterocycles. The van der Waals surface area contributed by atoms with Crippen molar-refractivity contribution in [3.05, 3.63) is 70.0 Å². The Morgan fingerprint density at radius 1 is 1.19 bits per heavy atom. The van der Waals surface area contributed by atoms with Crippen LogP contribution in [0.5, 0.6) is 11.5 Å². The van der Waals surface area contributed by atoms with Gasteiger partial charge in [-0.3, -0.25) is 4.79 Å². The number of aromatic nitrogens is 3. The number of nitrogens with zero attached hydrogens (tertiary/aromatic N) is 3. The average Bonchev–Trinajstić information content (AvgIpc) is 3.22. The minimum Gasteiger partial charge on any atom is -0.493 e. The minimum absolute atomic E-state index is 0.160. The van der Waals surface area contributed by atoms with Gasteiger partial charge < -0.3 is 19.5 Å². The van der Waals surface area contributed by atoms with Crippen LogP contribution in [0.25, 0.3) is 0 Å². The molecule has 0 bridgehead atoms. The molecule has 8 nitrogen and oxygen atoms in total. The Kier molecular flexibility index (Phi) is 6.39. The molecule has 1 amide bonds. The third kappa shape index (κ3) is 4.65. The highest BCUT2D eigenvalue weighted by atomic mass is 35.5. The fraction of sp³-hybridized carbons (Fsp3) is 0.318. The van der Waals surface area contributed by atoms with Gasteiger partial charge in [-0.1, -0.05) is 35.0 Å². The van der Waals surface area contributed by atoms with Crippen molar-refractivity contribution in [2.24, 2.45) is 0 Å². The smallest absolute Gasteiger partial charge is 0.273 e. The quantitative estimate of drug-likeness (QED) is 0.604. The summed E-state index contributed by atoms with van der Waals surface area (Å²) >= 11 is 5.95. The van der Waals surface area contributed by atoms with Crippen molar-refractivity contribution in [3.8, 4) is 11.5 Å². The van der Waals surface area contributed by atoms with Gasteiger partial charge in [-0.05, 0) is 41.8 Å². The summed E-state index contributed by atoms with van der Waals surface area (Å²) in [5.41, 5.74) is 3.00. The van der Waals surface area contributed by atoms with Crippen molar-refractivity contribution in [1.29, 1.82) is 0 Å². The Morgan fingerprint density at radius 3 is 2.71 bits per heavy atom. The van der Waals surface area contributed by atoms with E-state index in [0.717, 1.165) is 11.1 Å². The monoisotopic (exact) mass is 442 g/mol. The maximum absolute atomic E-state index is 12.6. The van der Waals surface area contributed by atoms with Crippen molar-refractivity contribution in [2.45, 2.75) is 25.7 Å². The van der Waals surface area contributed by atoms with Crippen molar-refractivity contribution >= 4 is 17.5 Å². The van der Waals surface area contributed by atoms with Gasteiger partial charge in [-0.2, -0.15) is 0 Å². The molecule has 9 heteroatoms. The Labute approximate surface area is 185 Å². The van der Waals surface area contributed by atoms with Gasteiger partial charge in [0.05, 0.1) is 33.1 Å². The summed E-state index contributed by atoms with van der Waals surface area (Å²) in [5.74, 6) is 1.06. The molecule has 1 atom stereocenters. The molecule has 4 rings (SSSR count). The predicted molar refractivity (Wildman–Crippen MR) is 115 cm³/mol. The van der Waals surface area contributed by atoms with Crippen molar-refractivity contribution in [1.82, 2.24) is 20.3 Å². The van der Waals surface area contributed by atoms with Gasteiger partial charge in [0, 0.05) is 11.6 Å². The van der Waals surface area contributed by atoms with Crippen LogP contribution in [0.2, 0.25) is 5.02 Å². The first-order valence-corrected chi connectivity index (χ1v) is 10.3. The molecule has 0 aliphatic carbocycles. The van der Waals surface area contributed by atoms with Gasteiger partial charge in [0.2, 0.25) is 0 Å². The van der Waals surface area contributed by atoms with Crippen molar-refractivity contribution in [2.75, 3.05) is 20.8 Å². The molecule has 162 valence electrons. The maximum atomic E-state index is 12.6. The standard InChI is InChI=1S/C22H23ClN4O4/c1-29-18-8-3-14(11-19(18)30-2)9-10-24-22(28)21-17-13-31-20(12-27(17)26-25-21)15-4-6-16(23)7-5-15/h3-8,11,20H,9-10,12-13H2,1-2H3,(H,24,28)/t20-/m0/s1. The van der Waals surface area contributed by atoms with Gasteiger partial charge >= 0.3 is 0 Å². The van der Waals surface area contributed by atoms with Crippen molar-refractivity contribution in [3.63, 3.8) is 0 Å². The largest absolute Gasteiger partial charge is 0.493 e. The molecule has 0 spiro atoms. The summed E-state index contributed by atoms with van der Waals surface area (Å²) in [4.78, 5) is 12.6. The van der Waals surface area contributed by atoms with Crippen LogP contribution in [0.15, 0.2) is 42.5 Å². The third-order valence-corrected chi connectivity index (χ3v) is 5.45. The number of methoxy groups -OCH3 is 2. The zero-order chi connectivity index (χ0) is 21.8. The van der Waals surface area contributed by atoms with E-state index in [-0.39, 0.29) is 18.6 Å². The van der Waals surface area contributed by atoms with E-state index in [0.29, 0.717) is 47.4 Å². The molecule has 31 heavy (non-hydrogen) atoms. The second-order valence-corrected chi connectivity index (χ2v) is 7.55. The van der Waals surface area contributed by atoms with Gasteiger partial charge in [0.25, 0.3) is 5.91 Å². The van der Waals surface area contributed by atoms with Crippen LogP contribution >= 0.6 is 11.6 Å². The Bertz CT molecular complexity index is 1070. The van der Waals surface area contributed by atoms with Crippen LogP contribution in [0.3, 0.4) is 0 Å². The van der Waals surface area contributed by atoms with Crippen LogP contribution in [0.4, 0.5) is 0 Å². The maximum Gasteiger partial charge on any atom is 0.273 e. The van der Waals surface area contributed by atoms with E-state index in [4.69, 9.17) is 25.8 Å². The van der Waals surface area contributed by atoms with E-state index >= 15 is 0 Å². The molecule has 1 N–H and O–H groups in total. The minimum atomic E-state index is -0.268. The second kappa shape index (κ2) is 9.36. The highest BCUT2D eigenvalue weighted by molar-refractivity contribution is 6.30. The molecule has 3 aromatic rings. The van der Waals surface area contributed by atoms with Crippen LogP contribution in [-0.2, 0) is 24.3 Å². The van der Waals surface area contributed by atoms with E-state index in [2.05, 4.69) is 15.6 Å². The number of halogens is 1. The predicted octanol–water partition coefficient (Wildman–Crippen LogP) is 3.19. The average molecular weight is 443 g/mol. The number of nitrogens with one attached hydrogen (secondary N) is 1. The number of benzene rings is 2. The summed E-state index contributed by atoms with van der Waals surface area (Å²) in [6, 6.07) is 13.2. The van der Waals surface area contributed by atoms with E-state index in [1.807, 2.05) is 42.5 Å². The van der Waals surface area contributed by atoms with Gasteiger partial charge in [0.15, 0.2) is 17.2 Å². The van der Waals surface area contributed by atoms with E-state index in [1.165, 1.54) is 0 Å². The lowest BCUT2D eigenvalue weighted by atomic mass is 10.1. The number of rotatable bonds is 7. The SMILES string of the molecule is COc1ccc(CCNC(=O)c2nnn3c2CO[C@H](c2ccc(Cl)cc2)C3)cc1OC. The summed E-state index contributed by atoms with van der Waals surface area (Å²) in [7, 11) is 3.19. The highest BCUT2D eigenvalue weighted by Gasteiger charge is 2.27. The summed E-state index contributed by atoms with van der Waals surface area (Å²) in [6.07, 6.45) is 0.484. The summed E-state index contributed by atoms with van der Waals surface area (Å²) < 4.78 is 18.2.